The summed E-state index contributed by atoms with van der Waals surface area (Å²) in [5.74, 6) is -0.103. The molecule has 6 rings (SSSR count). The molecule has 0 atom stereocenters. The molecule has 0 saturated carbocycles. The molecule has 0 aliphatic rings. The summed E-state index contributed by atoms with van der Waals surface area (Å²) in [6.07, 6.45) is 4.97. The molecule has 0 saturated heterocycles. The number of halogens is 2. The smallest absolute Gasteiger partial charge is 0.241 e. The van der Waals surface area contributed by atoms with Gasteiger partial charge in [-0.05, 0) is 42.5 Å². The molecule has 2 aromatic carbocycles. The zero-order chi connectivity index (χ0) is 24.1. The first-order chi connectivity index (χ1) is 17.1. The molecule has 6 aromatic rings. The van der Waals surface area contributed by atoms with Gasteiger partial charge in [-0.25, -0.2) is 13.8 Å². The number of fused-ring (bicyclic) bond motifs is 4. The summed E-state index contributed by atoms with van der Waals surface area (Å²) in [5.41, 5.74) is 3.71. The lowest BCUT2D eigenvalue weighted by atomic mass is 10.1. The highest BCUT2D eigenvalue weighted by Gasteiger charge is 2.19. The molecule has 0 radical (unpaired) electrons. The normalized spacial score (nSPS) is 11.5. The number of pyridine rings is 1. The van der Waals surface area contributed by atoms with E-state index in [0.29, 0.717) is 22.8 Å². The maximum atomic E-state index is 14.5. The Hall–Kier alpha value is -4.60. The highest BCUT2D eigenvalue weighted by atomic mass is 19.1. The molecule has 0 aliphatic heterocycles. The first-order valence-electron chi connectivity index (χ1n) is 10.7. The predicted molar refractivity (Wildman–Crippen MR) is 126 cm³/mol. The SMILES string of the molecule is COc1ncnc2ccn(-c3cc4ccc(OC)n(Cc5cc(F)ccc5F)c4c4cnnc34)c12. The quantitative estimate of drug-likeness (QED) is 0.363. The van der Waals surface area contributed by atoms with Crippen LogP contribution < -0.4 is 9.47 Å². The number of aromatic nitrogens is 6. The minimum absolute atomic E-state index is 0.0534. The minimum Gasteiger partial charge on any atom is -0.482 e. The third-order valence-corrected chi connectivity index (χ3v) is 6.04. The molecule has 0 spiro atoms. The molecule has 4 heterocycles. The lowest BCUT2D eigenvalue weighted by molar-refractivity contribution is 0.376. The van der Waals surface area contributed by atoms with Gasteiger partial charge in [-0.15, -0.1) is 5.10 Å². The van der Waals surface area contributed by atoms with Gasteiger partial charge < -0.3 is 18.6 Å². The van der Waals surface area contributed by atoms with Crippen LogP contribution in [0.3, 0.4) is 0 Å². The molecule has 0 aliphatic carbocycles. The number of methoxy groups -OCH3 is 2. The predicted octanol–water partition coefficient (Wildman–Crippen LogP) is 4.66. The van der Waals surface area contributed by atoms with E-state index in [1.54, 1.807) is 23.9 Å². The first-order valence-corrected chi connectivity index (χ1v) is 10.7. The largest absolute Gasteiger partial charge is 0.482 e. The van der Waals surface area contributed by atoms with Crippen LogP contribution in [0.2, 0.25) is 0 Å². The van der Waals surface area contributed by atoms with Crippen molar-refractivity contribution in [1.29, 1.82) is 0 Å². The number of ether oxygens (including phenoxy) is 2. The van der Waals surface area contributed by atoms with E-state index < -0.39 is 11.6 Å². The van der Waals surface area contributed by atoms with E-state index in [1.807, 2.05) is 29.0 Å². The summed E-state index contributed by atoms with van der Waals surface area (Å²) in [4.78, 5) is 8.57. The molecule has 4 aromatic heterocycles. The Morgan fingerprint density at radius 3 is 2.66 bits per heavy atom. The van der Waals surface area contributed by atoms with Crippen LogP contribution in [0.1, 0.15) is 5.56 Å². The standard InChI is InChI=1S/C25H18F2N6O2/c1-34-21-6-3-14-10-20(32-8-7-19-24(32)25(35-2)29-13-28-19)22-17(11-30-31-22)23(14)33(21)12-15-9-16(26)4-5-18(15)27/h3-11,13H,12H2,1-2H3. The van der Waals surface area contributed by atoms with Crippen molar-refractivity contribution in [2.45, 2.75) is 6.54 Å². The van der Waals surface area contributed by atoms with Gasteiger partial charge in [0.2, 0.25) is 5.88 Å². The third-order valence-electron chi connectivity index (χ3n) is 6.04. The fraction of sp³-hybridized carbons (Fsp3) is 0.120. The highest BCUT2D eigenvalue weighted by molar-refractivity contribution is 6.08. The second kappa shape index (κ2) is 8.01. The van der Waals surface area contributed by atoms with Crippen LogP contribution in [0.15, 0.2) is 61.2 Å². The van der Waals surface area contributed by atoms with E-state index in [1.165, 1.54) is 19.5 Å². The molecule has 0 amide bonds. The van der Waals surface area contributed by atoms with E-state index in [4.69, 9.17) is 9.47 Å². The van der Waals surface area contributed by atoms with Crippen LogP contribution in [0.4, 0.5) is 8.78 Å². The second-order valence-corrected chi connectivity index (χ2v) is 7.94. The van der Waals surface area contributed by atoms with E-state index >= 15 is 0 Å². The van der Waals surface area contributed by atoms with Crippen molar-refractivity contribution in [1.82, 2.24) is 29.3 Å². The third kappa shape index (κ3) is 3.25. The van der Waals surface area contributed by atoms with Gasteiger partial charge in [-0.3, -0.25) is 0 Å². The Kier molecular flexibility index (Phi) is 4.80. The average Bonchev–Trinajstić information content (AvgIpc) is 3.53. The van der Waals surface area contributed by atoms with Crippen molar-refractivity contribution in [3.63, 3.8) is 0 Å². The van der Waals surface area contributed by atoms with E-state index in [9.17, 15) is 8.78 Å². The van der Waals surface area contributed by atoms with Gasteiger partial charge in [0.1, 0.15) is 29.0 Å². The van der Waals surface area contributed by atoms with Crippen LogP contribution in [0.5, 0.6) is 11.8 Å². The molecule has 0 fully saturated rings. The van der Waals surface area contributed by atoms with E-state index in [0.717, 1.165) is 39.6 Å². The topological polar surface area (TPSA) is 79.9 Å². The molecular weight excluding hydrogens is 454 g/mol. The first kappa shape index (κ1) is 21.0. The fourth-order valence-electron chi connectivity index (χ4n) is 4.50. The van der Waals surface area contributed by atoms with Crippen LogP contribution in [0, 0.1) is 11.6 Å². The molecule has 0 bridgehead atoms. The van der Waals surface area contributed by atoms with E-state index in [-0.39, 0.29) is 12.1 Å². The van der Waals surface area contributed by atoms with E-state index in [2.05, 4.69) is 20.2 Å². The van der Waals surface area contributed by atoms with Gasteiger partial charge in [0.15, 0.2) is 5.88 Å². The minimum atomic E-state index is -0.513. The van der Waals surface area contributed by atoms with Crippen molar-refractivity contribution in [3.05, 3.63) is 78.4 Å². The van der Waals surface area contributed by atoms with Gasteiger partial charge in [-0.1, -0.05) is 0 Å². The Balaban J connectivity index is 1.65. The Labute approximate surface area is 197 Å². The second-order valence-electron chi connectivity index (χ2n) is 7.94. The summed E-state index contributed by atoms with van der Waals surface area (Å²) in [6.45, 7) is 0.0534. The average molecular weight is 472 g/mol. The zero-order valence-electron chi connectivity index (χ0n) is 18.7. The highest BCUT2D eigenvalue weighted by Crippen LogP contribution is 2.35. The number of rotatable bonds is 5. The monoisotopic (exact) mass is 472 g/mol. The van der Waals surface area contributed by atoms with Crippen molar-refractivity contribution in [3.8, 4) is 17.4 Å². The van der Waals surface area contributed by atoms with Gasteiger partial charge in [0.05, 0.1) is 43.7 Å². The Bertz CT molecular complexity index is 1740. The molecule has 10 heteroatoms. The maximum absolute atomic E-state index is 14.5. The summed E-state index contributed by atoms with van der Waals surface area (Å²) in [6, 6.07) is 10.9. The number of hydrogen-bond donors (Lipinski definition) is 0. The summed E-state index contributed by atoms with van der Waals surface area (Å²) >= 11 is 0. The molecular formula is C25H18F2N6O2. The summed E-state index contributed by atoms with van der Waals surface area (Å²) in [5, 5.41) is 10.1. The van der Waals surface area contributed by atoms with Crippen LogP contribution in [-0.4, -0.2) is 43.5 Å². The number of hydrogen-bond acceptors (Lipinski definition) is 6. The summed E-state index contributed by atoms with van der Waals surface area (Å²) in [7, 11) is 3.09. The van der Waals surface area contributed by atoms with Crippen LogP contribution in [-0.2, 0) is 6.54 Å². The van der Waals surface area contributed by atoms with Crippen molar-refractivity contribution in [2.75, 3.05) is 14.2 Å². The Morgan fingerprint density at radius 1 is 0.943 bits per heavy atom. The number of nitrogens with zero attached hydrogens (tertiary/aromatic N) is 6. The molecule has 0 unspecified atom stereocenters. The van der Waals surface area contributed by atoms with Crippen molar-refractivity contribution in [2.24, 2.45) is 0 Å². The fourth-order valence-corrected chi connectivity index (χ4v) is 4.50. The van der Waals surface area contributed by atoms with Crippen molar-refractivity contribution < 1.29 is 18.3 Å². The van der Waals surface area contributed by atoms with Crippen molar-refractivity contribution >= 4 is 32.8 Å². The van der Waals surface area contributed by atoms with Gasteiger partial charge >= 0.3 is 0 Å². The molecule has 174 valence electrons. The summed E-state index contributed by atoms with van der Waals surface area (Å²) < 4.78 is 43.2. The lowest BCUT2D eigenvalue weighted by Crippen LogP contribution is -2.09. The molecule has 8 nitrogen and oxygen atoms in total. The maximum Gasteiger partial charge on any atom is 0.241 e. The van der Waals surface area contributed by atoms with Crippen LogP contribution >= 0.6 is 0 Å². The van der Waals surface area contributed by atoms with Gasteiger partial charge in [-0.2, -0.15) is 10.1 Å². The van der Waals surface area contributed by atoms with Crippen LogP contribution in [0.25, 0.3) is 38.5 Å². The zero-order valence-corrected chi connectivity index (χ0v) is 18.7. The number of benzene rings is 2. The lowest BCUT2D eigenvalue weighted by Gasteiger charge is -2.18. The Morgan fingerprint density at radius 2 is 1.83 bits per heavy atom. The molecule has 35 heavy (non-hydrogen) atoms. The van der Waals surface area contributed by atoms with Gasteiger partial charge in [0, 0.05) is 22.5 Å². The van der Waals surface area contributed by atoms with Gasteiger partial charge in [0.25, 0.3) is 0 Å². The molecule has 0 N–H and O–H groups in total.